The van der Waals surface area contributed by atoms with Gasteiger partial charge in [-0.15, -0.1) is 0 Å². The smallest absolute Gasteiger partial charge is 0.204 e. The molecule has 0 spiro atoms. The number of rotatable bonds is 1. The van der Waals surface area contributed by atoms with Crippen molar-refractivity contribution >= 4 is 0 Å². The minimum Gasteiger partial charge on any atom is -0.204 e. The van der Waals surface area contributed by atoms with Gasteiger partial charge in [-0.05, 0) is 0 Å². The summed E-state index contributed by atoms with van der Waals surface area (Å²) in [6.07, 6.45) is -3.10. The maximum absolute atomic E-state index is 12.5. The first-order chi connectivity index (χ1) is 6.28. The van der Waals surface area contributed by atoms with E-state index in [9.17, 15) is 30.7 Å². The highest BCUT2D eigenvalue weighted by Gasteiger charge is 2.51. The molecule has 0 heterocycles. The summed E-state index contributed by atoms with van der Waals surface area (Å²) in [4.78, 5) is 0. The topological polar surface area (TPSA) is 0 Å². The minimum absolute atomic E-state index is 0.495. The largest absolute Gasteiger partial charge is 0.353 e. The Hall–Kier alpha value is -1.27. The van der Waals surface area contributed by atoms with E-state index in [2.05, 4.69) is 0 Å². The van der Waals surface area contributed by atoms with Crippen molar-refractivity contribution in [3.8, 4) is 0 Å². The van der Waals surface area contributed by atoms with E-state index in [0.717, 1.165) is 0 Å². The molecule has 0 aliphatic heterocycles. The van der Waals surface area contributed by atoms with Gasteiger partial charge in [0.25, 0.3) is 6.08 Å². The first-order valence-electron chi connectivity index (χ1n) is 3.15. The van der Waals surface area contributed by atoms with Gasteiger partial charge in [0.15, 0.2) is 11.7 Å². The van der Waals surface area contributed by atoms with Crippen molar-refractivity contribution in [1.29, 1.82) is 0 Å². The van der Waals surface area contributed by atoms with E-state index in [1.54, 1.807) is 0 Å². The van der Waals surface area contributed by atoms with Crippen molar-refractivity contribution in [2.75, 3.05) is 0 Å². The molecule has 0 amide bonds. The van der Waals surface area contributed by atoms with Crippen LogP contribution < -0.4 is 0 Å². The monoisotopic (exact) mass is 218 g/mol. The highest BCUT2D eigenvalue weighted by atomic mass is 19.3. The predicted molar refractivity (Wildman–Crippen MR) is 32.6 cm³/mol. The van der Waals surface area contributed by atoms with Crippen LogP contribution in [-0.2, 0) is 0 Å². The van der Waals surface area contributed by atoms with Gasteiger partial charge >= 0.3 is 5.92 Å². The van der Waals surface area contributed by atoms with Crippen LogP contribution in [0.5, 0.6) is 0 Å². The van der Waals surface area contributed by atoms with E-state index in [1.165, 1.54) is 0 Å². The van der Waals surface area contributed by atoms with Gasteiger partial charge in [0.1, 0.15) is 0 Å². The molecular formula is C7HF7. The third kappa shape index (κ3) is 1.42. The lowest BCUT2D eigenvalue weighted by atomic mass is 10.2. The molecule has 0 aromatic heterocycles. The summed E-state index contributed by atoms with van der Waals surface area (Å²) in [5.41, 5.74) is -1.76. The van der Waals surface area contributed by atoms with Crippen LogP contribution in [-0.4, -0.2) is 5.92 Å². The highest BCUT2D eigenvalue weighted by molar-refractivity contribution is 5.51. The fourth-order valence-corrected chi connectivity index (χ4v) is 0.854. The van der Waals surface area contributed by atoms with Crippen LogP contribution in [0.25, 0.3) is 0 Å². The van der Waals surface area contributed by atoms with Gasteiger partial charge in [-0.3, -0.25) is 0 Å². The lowest BCUT2D eigenvalue weighted by Gasteiger charge is -2.05. The Morgan fingerprint density at radius 1 is 1.00 bits per heavy atom. The van der Waals surface area contributed by atoms with Crippen molar-refractivity contribution in [3.05, 3.63) is 35.2 Å². The summed E-state index contributed by atoms with van der Waals surface area (Å²) in [6, 6.07) is 0. The molecule has 0 aromatic rings. The molecule has 0 nitrogen and oxygen atoms in total. The van der Waals surface area contributed by atoms with Crippen LogP contribution in [0.2, 0.25) is 0 Å². The molecule has 14 heavy (non-hydrogen) atoms. The predicted octanol–water partition coefficient (Wildman–Crippen LogP) is 3.79. The van der Waals surface area contributed by atoms with E-state index in [4.69, 9.17) is 0 Å². The maximum Gasteiger partial charge on any atom is 0.353 e. The Bertz CT molecular complexity index is 356. The molecule has 1 rings (SSSR count). The lowest BCUT2D eigenvalue weighted by molar-refractivity contribution is 0.0371. The van der Waals surface area contributed by atoms with Gasteiger partial charge in [0.2, 0.25) is 5.83 Å². The van der Waals surface area contributed by atoms with Gasteiger partial charge in [-0.2, -0.15) is 17.6 Å². The van der Waals surface area contributed by atoms with E-state index >= 15 is 0 Å². The minimum atomic E-state index is -4.79. The SMILES string of the molecule is FC(F)=CC1=C(F)C(F)(F)C(F)=C1F. The Balaban J connectivity index is 3.32. The summed E-state index contributed by atoms with van der Waals surface area (Å²) in [6.45, 7) is 0. The van der Waals surface area contributed by atoms with Crippen LogP contribution in [0.1, 0.15) is 0 Å². The number of allylic oxidation sites excluding steroid dienone is 5. The van der Waals surface area contributed by atoms with Crippen molar-refractivity contribution in [2.24, 2.45) is 0 Å². The Morgan fingerprint density at radius 2 is 1.50 bits per heavy atom. The molecule has 0 unspecified atom stereocenters. The summed E-state index contributed by atoms with van der Waals surface area (Å²) in [5, 5.41) is 0. The fourth-order valence-electron chi connectivity index (χ4n) is 0.854. The van der Waals surface area contributed by atoms with Crippen LogP contribution in [0, 0.1) is 0 Å². The standard InChI is InChI=1S/C7HF7/c8-3(9)1-2-4(10)6(12)7(13,14)5(2)11/h1H. The van der Waals surface area contributed by atoms with Crippen LogP contribution in [0.4, 0.5) is 30.7 Å². The zero-order valence-corrected chi connectivity index (χ0v) is 6.22. The second kappa shape index (κ2) is 3.14. The van der Waals surface area contributed by atoms with Crippen molar-refractivity contribution in [3.63, 3.8) is 0 Å². The van der Waals surface area contributed by atoms with E-state index in [1.807, 2.05) is 0 Å². The molecule has 0 radical (unpaired) electrons. The lowest BCUT2D eigenvalue weighted by Crippen LogP contribution is -2.14. The second-order valence-electron chi connectivity index (χ2n) is 2.36. The Kier molecular flexibility index (Phi) is 2.43. The van der Waals surface area contributed by atoms with E-state index < -0.39 is 41.1 Å². The second-order valence-corrected chi connectivity index (χ2v) is 2.36. The first-order valence-corrected chi connectivity index (χ1v) is 3.15. The van der Waals surface area contributed by atoms with Gasteiger partial charge in [-0.25, -0.2) is 13.2 Å². The molecule has 7 heteroatoms. The summed E-state index contributed by atoms with van der Waals surface area (Å²) in [5.74, 6) is -12.3. The number of hydrogen-bond acceptors (Lipinski definition) is 0. The van der Waals surface area contributed by atoms with Crippen molar-refractivity contribution < 1.29 is 30.7 Å². The Morgan fingerprint density at radius 3 is 1.79 bits per heavy atom. The van der Waals surface area contributed by atoms with Crippen LogP contribution >= 0.6 is 0 Å². The van der Waals surface area contributed by atoms with E-state index in [0.29, 0.717) is 0 Å². The molecule has 78 valence electrons. The van der Waals surface area contributed by atoms with Gasteiger partial charge in [0.05, 0.1) is 5.57 Å². The molecule has 0 fully saturated rings. The fraction of sp³-hybridized carbons (Fsp3) is 0.143. The third-order valence-electron chi connectivity index (χ3n) is 1.47. The van der Waals surface area contributed by atoms with Gasteiger partial charge < -0.3 is 0 Å². The summed E-state index contributed by atoms with van der Waals surface area (Å²) >= 11 is 0. The molecule has 0 atom stereocenters. The number of hydrogen-bond donors (Lipinski definition) is 0. The third-order valence-corrected chi connectivity index (χ3v) is 1.47. The molecule has 0 N–H and O–H groups in total. The van der Waals surface area contributed by atoms with Crippen LogP contribution in [0.3, 0.4) is 0 Å². The quantitative estimate of drug-likeness (QED) is 0.587. The highest BCUT2D eigenvalue weighted by Crippen LogP contribution is 2.47. The molecule has 0 saturated heterocycles. The molecule has 1 aliphatic rings. The average Bonchev–Trinajstić information content (AvgIpc) is 2.20. The summed E-state index contributed by atoms with van der Waals surface area (Å²) < 4.78 is 84.8. The zero-order valence-electron chi connectivity index (χ0n) is 6.22. The van der Waals surface area contributed by atoms with Crippen molar-refractivity contribution in [1.82, 2.24) is 0 Å². The number of halogens is 7. The first kappa shape index (κ1) is 10.8. The average molecular weight is 218 g/mol. The molecule has 0 bridgehead atoms. The normalized spacial score (nSPS) is 20.5. The molecular weight excluding hydrogens is 217 g/mol. The Labute approximate surface area is 73.0 Å². The molecule has 1 aliphatic carbocycles. The van der Waals surface area contributed by atoms with Gasteiger partial charge in [0, 0.05) is 6.08 Å². The zero-order chi connectivity index (χ0) is 11.1. The van der Waals surface area contributed by atoms with Crippen molar-refractivity contribution in [2.45, 2.75) is 5.92 Å². The summed E-state index contributed by atoms with van der Waals surface area (Å²) in [7, 11) is 0. The van der Waals surface area contributed by atoms with E-state index in [-0.39, 0.29) is 0 Å². The van der Waals surface area contributed by atoms with Crippen LogP contribution in [0.15, 0.2) is 35.2 Å². The number of alkyl halides is 2. The molecule has 0 saturated carbocycles. The maximum atomic E-state index is 12.5. The molecule has 0 aromatic carbocycles. The van der Waals surface area contributed by atoms with Gasteiger partial charge in [-0.1, -0.05) is 0 Å².